The van der Waals surface area contributed by atoms with Crippen LogP contribution in [-0.2, 0) is 4.74 Å². The fourth-order valence-electron chi connectivity index (χ4n) is 4.43. The summed E-state index contributed by atoms with van der Waals surface area (Å²) in [5, 5.41) is 12.5. The van der Waals surface area contributed by atoms with Crippen LogP contribution in [0, 0.1) is 0 Å². The molecule has 0 unspecified atom stereocenters. The normalized spacial score (nSPS) is 25.6. The molecule has 0 saturated heterocycles. The molecule has 2 aliphatic carbocycles. The first kappa shape index (κ1) is 18.9. The SMILES string of the molecule is C[C@@]1(NC(=O)OCC2c3ccccc3-c3ccccc32)CCCC(F)(F)[C@H]1O. The highest BCUT2D eigenvalue weighted by molar-refractivity contribution is 5.79. The average Bonchev–Trinajstić information content (AvgIpc) is 2.98. The Bertz CT molecular complexity index is 855. The summed E-state index contributed by atoms with van der Waals surface area (Å²) in [6.07, 6.45) is -2.61. The van der Waals surface area contributed by atoms with Crippen LogP contribution in [0.25, 0.3) is 11.1 Å². The molecule has 1 fully saturated rings. The average molecular weight is 387 g/mol. The van der Waals surface area contributed by atoms with Gasteiger partial charge in [0.2, 0.25) is 0 Å². The first-order chi connectivity index (χ1) is 13.3. The third-order valence-corrected chi connectivity index (χ3v) is 5.94. The molecule has 2 atom stereocenters. The molecule has 2 aromatic rings. The van der Waals surface area contributed by atoms with Crippen molar-refractivity contribution < 1.29 is 23.4 Å². The van der Waals surface area contributed by atoms with E-state index in [0.29, 0.717) is 0 Å². The molecule has 0 aromatic heterocycles. The van der Waals surface area contributed by atoms with Crippen molar-refractivity contribution in [2.75, 3.05) is 6.61 Å². The Hall–Kier alpha value is -2.47. The third-order valence-electron chi connectivity index (χ3n) is 5.94. The van der Waals surface area contributed by atoms with Crippen LogP contribution in [0.3, 0.4) is 0 Å². The minimum Gasteiger partial charge on any atom is -0.449 e. The highest BCUT2D eigenvalue weighted by Gasteiger charge is 2.53. The van der Waals surface area contributed by atoms with Crippen LogP contribution in [0.15, 0.2) is 48.5 Å². The predicted molar refractivity (Wildman–Crippen MR) is 101 cm³/mol. The molecule has 2 aliphatic rings. The van der Waals surface area contributed by atoms with Gasteiger partial charge in [-0.15, -0.1) is 0 Å². The number of aliphatic hydroxyl groups is 1. The zero-order valence-corrected chi connectivity index (χ0v) is 15.6. The largest absolute Gasteiger partial charge is 0.449 e. The van der Waals surface area contributed by atoms with E-state index in [1.165, 1.54) is 6.92 Å². The van der Waals surface area contributed by atoms with Crippen LogP contribution in [0.5, 0.6) is 0 Å². The fraction of sp³-hybridized carbons (Fsp3) is 0.409. The van der Waals surface area contributed by atoms with E-state index in [-0.39, 0.29) is 31.8 Å². The standard InChI is InChI=1S/C22H23F2NO3/c1-21(11-6-12-22(23,24)19(21)26)25-20(27)28-13-18-16-9-4-2-7-14(16)15-8-3-5-10-17(15)18/h2-5,7-10,18-19,26H,6,11-13H2,1H3,(H,25,27)/t19-,21+/m0/s1. The number of nitrogens with one attached hydrogen (secondary N) is 1. The van der Waals surface area contributed by atoms with Gasteiger partial charge in [-0.25, -0.2) is 13.6 Å². The molecule has 4 nitrogen and oxygen atoms in total. The lowest BCUT2D eigenvalue weighted by atomic mass is 9.78. The molecule has 148 valence electrons. The zero-order chi connectivity index (χ0) is 19.9. The molecule has 0 radical (unpaired) electrons. The molecule has 6 heteroatoms. The summed E-state index contributed by atoms with van der Waals surface area (Å²) in [6, 6.07) is 15.9. The Morgan fingerprint density at radius 1 is 1.11 bits per heavy atom. The van der Waals surface area contributed by atoms with Crippen LogP contribution in [0.1, 0.15) is 43.2 Å². The molecule has 0 bridgehead atoms. The number of carbonyl (C=O) groups is 1. The number of rotatable bonds is 3. The molecular weight excluding hydrogens is 364 g/mol. The van der Waals surface area contributed by atoms with Gasteiger partial charge < -0.3 is 15.2 Å². The quantitative estimate of drug-likeness (QED) is 0.817. The fourth-order valence-corrected chi connectivity index (χ4v) is 4.43. The maximum Gasteiger partial charge on any atom is 0.407 e. The van der Waals surface area contributed by atoms with Crippen LogP contribution < -0.4 is 5.32 Å². The van der Waals surface area contributed by atoms with Gasteiger partial charge in [-0.1, -0.05) is 48.5 Å². The lowest BCUT2D eigenvalue weighted by Crippen LogP contribution is -2.63. The van der Waals surface area contributed by atoms with Crippen molar-refractivity contribution in [3.05, 3.63) is 59.7 Å². The van der Waals surface area contributed by atoms with E-state index >= 15 is 0 Å². The number of benzene rings is 2. The Balaban J connectivity index is 1.47. The van der Waals surface area contributed by atoms with Gasteiger partial charge in [-0.3, -0.25) is 0 Å². The van der Waals surface area contributed by atoms with E-state index in [2.05, 4.69) is 5.32 Å². The van der Waals surface area contributed by atoms with Gasteiger partial charge in [0.25, 0.3) is 5.92 Å². The van der Waals surface area contributed by atoms with E-state index in [1.54, 1.807) is 0 Å². The monoisotopic (exact) mass is 387 g/mol. The number of alkyl carbamates (subject to hydrolysis) is 1. The second kappa shape index (κ2) is 6.85. The maximum absolute atomic E-state index is 13.9. The summed E-state index contributed by atoms with van der Waals surface area (Å²) in [5.74, 6) is -3.33. The first-order valence-electron chi connectivity index (χ1n) is 9.51. The second-order valence-electron chi connectivity index (χ2n) is 7.89. The van der Waals surface area contributed by atoms with Gasteiger partial charge in [0.05, 0.1) is 5.54 Å². The van der Waals surface area contributed by atoms with E-state index in [0.717, 1.165) is 22.3 Å². The van der Waals surface area contributed by atoms with Gasteiger partial charge in [0.15, 0.2) is 0 Å². The summed E-state index contributed by atoms with van der Waals surface area (Å²) in [6.45, 7) is 1.54. The summed E-state index contributed by atoms with van der Waals surface area (Å²) in [7, 11) is 0. The van der Waals surface area contributed by atoms with E-state index < -0.39 is 23.7 Å². The maximum atomic E-state index is 13.9. The molecule has 2 aromatic carbocycles. The Morgan fingerprint density at radius 3 is 2.29 bits per heavy atom. The van der Waals surface area contributed by atoms with Crippen molar-refractivity contribution in [2.24, 2.45) is 0 Å². The number of ether oxygens (including phenoxy) is 1. The third kappa shape index (κ3) is 3.15. The van der Waals surface area contributed by atoms with Gasteiger partial charge in [-0.2, -0.15) is 0 Å². The van der Waals surface area contributed by atoms with Gasteiger partial charge >= 0.3 is 6.09 Å². The number of hydrogen-bond acceptors (Lipinski definition) is 3. The van der Waals surface area contributed by atoms with E-state index in [4.69, 9.17) is 4.74 Å². The molecule has 28 heavy (non-hydrogen) atoms. The number of fused-ring (bicyclic) bond motifs is 3. The minimum absolute atomic E-state index is 0.0996. The van der Waals surface area contributed by atoms with Crippen molar-refractivity contribution in [3.8, 4) is 11.1 Å². The number of alkyl halides is 2. The smallest absolute Gasteiger partial charge is 0.407 e. The molecule has 2 N–H and O–H groups in total. The first-order valence-corrected chi connectivity index (χ1v) is 9.51. The summed E-state index contributed by atoms with van der Waals surface area (Å²) < 4.78 is 33.1. The minimum atomic E-state index is -3.22. The highest BCUT2D eigenvalue weighted by atomic mass is 19.3. The highest BCUT2D eigenvalue weighted by Crippen LogP contribution is 2.44. The molecule has 0 heterocycles. The summed E-state index contributed by atoms with van der Waals surface area (Å²) in [5.41, 5.74) is 2.96. The van der Waals surface area contributed by atoms with Crippen LogP contribution in [0.2, 0.25) is 0 Å². The van der Waals surface area contributed by atoms with Gasteiger partial charge in [0.1, 0.15) is 12.7 Å². The van der Waals surface area contributed by atoms with Gasteiger partial charge in [-0.05, 0) is 42.0 Å². The topological polar surface area (TPSA) is 58.6 Å². The molecule has 0 aliphatic heterocycles. The Labute approximate surface area is 162 Å². The summed E-state index contributed by atoms with van der Waals surface area (Å²) in [4.78, 5) is 12.4. The summed E-state index contributed by atoms with van der Waals surface area (Å²) >= 11 is 0. The van der Waals surface area contributed by atoms with Crippen molar-refractivity contribution in [1.82, 2.24) is 5.32 Å². The van der Waals surface area contributed by atoms with Crippen molar-refractivity contribution >= 4 is 6.09 Å². The Kier molecular flexibility index (Phi) is 4.62. The molecular formula is C22H23F2NO3. The van der Waals surface area contributed by atoms with Crippen molar-refractivity contribution in [3.63, 3.8) is 0 Å². The van der Waals surface area contributed by atoms with Crippen LogP contribution in [0.4, 0.5) is 13.6 Å². The number of amides is 1. The molecule has 1 saturated carbocycles. The van der Waals surface area contributed by atoms with Crippen molar-refractivity contribution in [1.29, 1.82) is 0 Å². The predicted octanol–water partition coefficient (Wildman–Crippen LogP) is 4.46. The van der Waals surface area contributed by atoms with Crippen molar-refractivity contribution in [2.45, 2.75) is 49.7 Å². The molecule has 0 spiro atoms. The molecule has 4 rings (SSSR count). The number of halogens is 2. The van der Waals surface area contributed by atoms with Gasteiger partial charge in [0, 0.05) is 12.3 Å². The number of hydrogen-bond donors (Lipinski definition) is 2. The molecule has 1 amide bonds. The number of carbonyl (C=O) groups excluding carboxylic acids is 1. The number of aliphatic hydroxyl groups excluding tert-OH is 1. The van der Waals surface area contributed by atoms with E-state index in [9.17, 15) is 18.7 Å². The van der Waals surface area contributed by atoms with E-state index in [1.807, 2.05) is 48.5 Å². The zero-order valence-electron chi connectivity index (χ0n) is 15.6. The Morgan fingerprint density at radius 2 is 1.68 bits per heavy atom. The second-order valence-corrected chi connectivity index (χ2v) is 7.89. The lowest BCUT2D eigenvalue weighted by Gasteiger charge is -2.42. The lowest BCUT2D eigenvalue weighted by molar-refractivity contribution is -0.164. The van der Waals surface area contributed by atoms with Crippen LogP contribution in [-0.4, -0.2) is 35.4 Å². The van der Waals surface area contributed by atoms with Crippen LogP contribution >= 0.6 is 0 Å².